The highest BCUT2D eigenvalue weighted by Crippen LogP contribution is 2.33. The van der Waals surface area contributed by atoms with Gasteiger partial charge in [-0.05, 0) is 55.1 Å². The van der Waals surface area contributed by atoms with Crippen molar-refractivity contribution in [2.45, 2.75) is 36.1 Å². The molecular formula is C21H25Cl2FN2O2S. The van der Waals surface area contributed by atoms with Crippen LogP contribution in [0.25, 0.3) is 0 Å². The number of hydrogen-bond donors (Lipinski definition) is 1. The van der Waals surface area contributed by atoms with Gasteiger partial charge in [-0.25, -0.2) is 12.8 Å². The van der Waals surface area contributed by atoms with Crippen LogP contribution in [0.1, 0.15) is 24.0 Å². The van der Waals surface area contributed by atoms with E-state index in [1.54, 1.807) is 0 Å². The molecule has 2 unspecified atom stereocenters. The molecule has 0 saturated carbocycles. The quantitative estimate of drug-likeness (QED) is 0.701. The van der Waals surface area contributed by atoms with Gasteiger partial charge >= 0.3 is 0 Å². The number of halogens is 3. The molecule has 1 N–H and O–H groups in total. The summed E-state index contributed by atoms with van der Waals surface area (Å²) in [6.07, 6.45) is 2.63. The van der Waals surface area contributed by atoms with E-state index in [0.29, 0.717) is 19.6 Å². The van der Waals surface area contributed by atoms with Crippen molar-refractivity contribution in [1.29, 1.82) is 0 Å². The van der Waals surface area contributed by atoms with E-state index in [9.17, 15) is 12.8 Å². The minimum absolute atomic E-state index is 0. The zero-order valence-corrected chi connectivity index (χ0v) is 18.4. The first-order chi connectivity index (χ1) is 13.5. The van der Waals surface area contributed by atoms with Crippen LogP contribution in [0.2, 0.25) is 5.02 Å². The van der Waals surface area contributed by atoms with Crippen molar-refractivity contribution in [3.8, 4) is 0 Å². The number of nitrogens with one attached hydrogen (secondary N) is 1. The van der Waals surface area contributed by atoms with Gasteiger partial charge in [0.05, 0.1) is 9.92 Å². The number of hydrogen-bond acceptors (Lipinski definition) is 4. The molecule has 4 rings (SSSR count). The molecule has 2 aromatic rings. The highest BCUT2D eigenvalue weighted by molar-refractivity contribution is 7.92. The number of sulfone groups is 1. The van der Waals surface area contributed by atoms with Gasteiger partial charge in [0, 0.05) is 25.6 Å². The van der Waals surface area contributed by atoms with Crippen molar-refractivity contribution in [1.82, 2.24) is 10.2 Å². The van der Waals surface area contributed by atoms with E-state index in [2.05, 4.69) is 22.3 Å². The van der Waals surface area contributed by atoms with E-state index >= 15 is 0 Å². The van der Waals surface area contributed by atoms with Crippen LogP contribution in [0.3, 0.4) is 0 Å². The van der Waals surface area contributed by atoms with Crippen molar-refractivity contribution in [3.05, 3.63) is 64.4 Å². The number of rotatable bonds is 4. The first-order valence-corrected chi connectivity index (χ1v) is 11.6. The zero-order chi connectivity index (χ0) is 19.7. The molecule has 0 radical (unpaired) electrons. The Morgan fingerprint density at radius 1 is 1.17 bits per heavy atom. The van der Waals surface area contributed by atoms with E-state index in [1.165, 1.54) is 23.3 Å². The van der Waals surface area contributed by atoms with Gasteiger partial charge in [-0.2, -0.15) is 0 Å². The Kier molecular flexibility index (Phi) is 7.23. The van der Waals surface area contributed by atoms with Crippen molar-refractivity contribution >= 4 is 33.8 Å². The molecule has 0 aliphatic carbocycles. The summed E-state index contributed by atoms with van der Waals surface area (Å²) in [7, 11) is -3.71. The molecule has 2 aromatic carbocycles. The lowest BCUT2D eigenvalue weighted by atomic mass is 9.95. The highest BCUT2D eigenvalue weighted by Gasteiger charge is 2.41. The second kappa shape index (κ2) is 9.31. The van der Waals surface area contributed by atoms with Gasteiger partial charge in [0.25, 0.3) is 0 Å². The van der Waals surface area contributed by atoms with Gasteiger partial charge in [0.1, 0.15) is 11.2 Å². The average Bonchev–Trinajstić information content (AvgIpc) is 2.70. The van der Waals surface area contributed by atoms with Gasteiger partial charge in [0.15, 0.2) is 9.84 Å². The van der Waals surface area contributed by atoms with Gasteiger partial charge in [-0.15, -0.1) is 12.4 Å². The summed E-state index contributed by atoms with van der Waals surface area (Å²) in [6.45, 7) is 2.86. The summed E-state index contributed by atoms with van der Waals surface area (Å²) >= 11 is 5.90. The Morgan fingerprint density at radius 3 is 2.62 bits per heavy atom. The van der Waals surface area contributed by atoms with Crippen LogP contribution in [-0.2, 0) is 22.8 Å². The summed E-state index contributed by atoms with van der Waals surface area (Å²) in [5.41, 5.74) is 2.45. The Bertz CT molecular complexity index is 965. The summed E-state index contributed by atoms with van der Waals surface area (Å²) < 4.78 is 40.9. The fraction of sp³-hybridized carbons (Fsp3) is 0.429. The van der Waals surface area contributed by atoms with Crippen molar-refractivity contribution in [2.75, 3.05) is 19.6 Å². The van der Waals surface area contributed by atoms with Crippen molar-refractivity contribution in [3.63, 3.8) is 0 Å². The monoisotopic (exact) mass is 458 g/mol. The van der Waals surface area contributed by atoms with E-state index in [1.807, 2.05) is 12.1 Å². The lowest BCUT2D eigenvalue weighted by Gasteiger charge is -2.40. The van der Waals surface area contributed by atoms with E-state index in [4.69, 9.17) is 11.6 Å². The van der Waals surface area contributed by atoms with E-state index in [-0.39, 0.29) is 28.2 Å². The summed E-state index contributed by atoms with van der Waals surface area (Å²) in [4.78, 5) is 2.17. The average molecular weight is 459 g/mol. The molecule has 2 aliphatic rings. The molecule has 1 saturated heterocycles. The van der Waals surface area contributed by atoms with Crippen LogP contribution in [-0.4, -0.2) is 38.3 Å². The van der Waals surface area contributed by atoms with Gasteiger partial charge < -0.3 is 5.32 Å². The smallest absolute Gasteiger partial charge is 0.194 e. The largest absolute Gasteiger partial charge is 0.316 e. The first-order valence-electron chi connectivity index (χ1n) is 9.67. The lowest BCUT2D eigenvalue weighted by molar-refractivity contribution is 0.162. The van der Waals surface area contributed by atoms with Crippen LogP contribution in [0.4, 0.5) is 4.39 Å². The third-order valence-corrected chi connectivity index (χ3v) is 8.32. The first kappa shape index (κ1) is 22.5. The lowest BCUT2D eigenvalue weighted by Crippen LogP contribution is -2.52. The second-order valence-electron chi connectivity index (χ2n) is 7.61. The summed E-state index contributed by atoms with van der Waals surface area (Å²) in [6, 6.07) is 11.9. The molecule has 0 bridgehead atoms. The molecule has 158 valence electrons. The maximum absolute atomic E-state index is 13.7. The van der Waals surface area contributed by atoms with E-state index < -0.39 is 21.0 Å². The van der Waals surface area contributed by atoms with Crippen LogP contribution < -0.4 is 5.32 Å². The van der Waals surface area contributed by atoms with Crippen LogP contribution >= 0.6 is 24.0 Å². The minimum Gasteiger partial charge on any atom is -0.316 e. The van der Waals surface area contributed by atoms with Crippen molar-refractivity contribution < 1.29 is 12.8 Å². The number of fused-ring (bicyclic) bond motifs is 1. The second-order valence-corrected chi connectivity index (χ2v) is 10.1. The molecule has 2 aliphatic heterocycles. The summed E-state index contributed by atoms with van der Waals surface area (Å²) in [5.74, 6) is -0.628. The van der Waals surface area contributed by atoms with Crippen LogP contribution in [0.5, 0.6) is 0 Å². The topological polar surface area (TPSA) is 49.4 Å². The van der Waals surface area contributed by atoms with Gasteiger partial charge in [0.2, 0.25) is 0 Å². The van der Waals surface area contributed by atoms with Gasteiger partial charge in [-0.3, -0.25) is 4.90 Å². The van der Waals surface area contributed by atoms with Gasteiger partial charge in [-0.1, -0.05) is 35.9 Å². The minimum atomic E-state index is -3.71. The molecule has 2 atom stereocenters. The molecular weight excluding hydrogens is 434 g/mol. The standard InChI is InChI=1S/C21H24ClFN2O2S.ClH/c22-19-12-18(7-8-20(19)23)28(26,27)21(16-6-3-10-24-13-16)25-11-9-15-4-1-2-5-17(15)14-25;/h1-2,4-5,7-8,12,16,21,24H,3,6,9-11,13-14H2;1H. The SMILES string of the molecule is Cl.O=S(=O)(c1ccc(F)c(Cl)c1)C(C1CCCNC1)N1CCc2ccccc2C1. The van der Waals surface area contributed by atoms with E-state index in [0.717, 1.165) is 31.9 Å². The predicted molar refractivity (Wildman–Crippen MR) is 116 cm³/mol. The fourth-order valence-corrected chi connectivity index (χ4v) is 6.77. The third-order valence-electron chi connectivity index (χ3n) is 5.80. The summed E-state index contributed by atoms with van der Waals surface area (Å²) in [5, 5.41) is 2.52. The highest BCUT2D eigenvalue weighted by atomic mass is 35.5. The Hall–Kier alpha value is -1.18. The number of benzene rings is 2. The third kappa shape index (κ3) is 4.62. The maximum Gasteiger partial charge on any atom is 0.194 e. The van der Waals surface area contributed by atoms with Crippen LogP contribution in [0, 0.1) is 11.7 Å². The molecule has 29 heavy (non-hydrogen) atoms. The normalized spacial score (nSPS) is 21.1. The Labute approximate surface area is 182 Å². The molecule has 8 heteroatoms. The molecule has 1 fully saturated rings. The Balaban J connectivity index is 0.00000240. The molecule has 0 amide bonds. The predicted octanol–water partition coefficient (Wildman–Crippen LogP) is 4.06. The van der Waals surface area contributed by atoms with Crippen molar-refractivity contribution in [2.24, 2.45) is 5.92 Å². The number of nitrogens with zero attached hydrogens (tertiary/aromatic N) is 1. The molecule has 4 nitrogen and oxygen atoms in total. The fourth-order valence-electron chi connectivity index (χ4n) is 4.40. The Morgan fingerprint density at radius 2 is 1.93 bits per heavy atom. The molecule has 2 heterocycles. The number of piperidine rings is 1. The maximum atomic E-state index is 13.7. The van der Waals surface area contributed by atoms with Crippen LogP contribution in [0.15, 0.2) is 47.4 Å². The molecule has 0 spiro atoms. The zero-order valence-electron chi connectivity index (χ0n) is 16.0. The molecule has 0 aromatic heterocycles.